The Balaban J connectivity index is 2.39. The summed E-state index contributed by atoms with van der Waals surface area (Å²) in [5, 5.41) is 0.644. The van der Waals surface area contributed by atoms with Crippen LogP contribution < -0.4 is 5.73 Å². The third-order valence-electron chi connectivity index (χ3n) is 2.61. The summed E-state index contributed by atoms with van der Waals surface area (Å²) in [5.74, 6) is -1.24. The second-order valence-corrected chi connectivity index (χ2v) is 5.07. The molecule has 0 radical (unpaired) electrons. The quantitative estimate of drug-likeness (QED) is 0.894. The molecule has 1 atom stereocenters. The summed E-state index contributed by atoms with van der Waals surface area (Å²) in [7, 11) is 0. The first-order valence-corrected chi connectivity index (χ1v) is 5.95. The van der Waals surface area contributed by atoms with Gasteiger partial charge in [-0.3, -0.25) is 0 Å². The van der Waals surface area contributed by atoms with Crippen LogP contribution in [0.15, 0.2) is 18.2 Å². The average Bonchev–Trinajstić information content (AvgIpc) is 2.58. The molecule has 0 amide bonds. The summed E-state index contributed by atoms with van der Waals surface area (Å²) in [4.78, 5) is 5.34. The number of benzene rings is 1. The lowest BCUT2D eigenvalue weighted by Gasteiger charge is -2.09. The van der Waals surface area contributed by atoms with Gasteiger partial charge >= 0.3 is 0 Å². The first kappa shape index (κ1) is 12.1. The zero-order valence-electron chi connectivity index (χ0n) is 9.50. The summed E-state index contributed by atoms with van der Waals surface area (Å²) in [6.07, 6.45) is 0. The van der Waals surface area contributed by atoms with E-state index in [-0.39, 0.29) is 5.56 Å². The Morgan fingerprint density at radius 1 is 1.29 bits per heavy atom. The number of hydrogen-bond donors (Lipinski definition) is 1. The number of thiazole rings is 1. The lowest BCUT2D eigenvalue weighted by Crippen LogP contribution is -2.13. The molecule has 0 saturated carbocycles. The van der Waals surface area contributed by atoms with E-state index in [0.29, 0.717) is 5.01 Å². The maximum absolute atomic E-state index is 13.6. The molecule has 0 aliphatic carbocycles. The number of halogens is 2. The maximum Gasteiger partial charge on any atom is 0.131 e. The van der Waals surface area contributed by atoms with Crippen LogP contribution in [0, 0.1) is 25.5 Å². The molecule has 2 aromatic rings. The van der Waals surface area contributed by atoms with Crippen LogP contribution in [0.5, 0.6) is 0 Å². The molecule has 5 heteroatoms. The van der Waals surface area contributed by atoms with Crippen molar-refractivity contribution in [3.63, 3.8) is 0 Å². The number of aromatic nitrogens is 1. The molecule has 1 unspecified atom stereocenters. The van der Waals surface area contributed by atoms with Gasteiger partial charge in [0.1, 0.15) is 16.6 Å². The number of rotatable bonds is 2. The fourth-order valence-corrected chi connectivity index (χ4v) is 2.46. The maximum atomic E-state index is 13.6. The largest absolute Gasteiger partial charge is 0.318 e. The molecule has 17 heavy (non-hydrogen) atoms. The standard InChI is InChI=1S/C12H12F2N2S/c1-6-7(2)17-12(16-6)11(15)9-4-3-8(13)5-10(9)14/h3-5,11H,15H2,1-2H3. The van der Waals surface area contributed by atoms with E-state index in [2.05, 4.69) is 4.98 Å². The third-order valence-corrected chi connectivity index (χ3v) is 3.76. The van der Waals surface area contributed by atoms with Gasteiger partial charge in [0.25, 0.3) is 0 Å². The van der Waals surface area contributed by atoms with Crippen molar-refractivity contribution in [3.8, 4) is 0 Å². The van der Waals surface area contributed by atoms with Crippen molar-refractivity contribution in [2.75, 3.05) is 0 Å². The SMILES string of the molecule is Cc1nc(C(N)c2ccc(F)cc2F)sc1C. The zero-order valence-corrected chi connectivity index (χ0v) is 10.3. The third kappa shape index (κ3) is 2.35. The smallest absolute Gasteiger partial charge is 0.131 e. The molecule has 2 nitrogen and oxygen atoms in total. The number of hydrogen-bond acceptors (Lipinski definition) is 3. The van der Waals surface area contributed by atoms with Crippen molar-refractivity contribution in [2.24, 2.45) is 5.73 Å². The van der Waals surface area contributed by atoms with Crippen LogP contribution >= 0.6 is 11.3 Å². The van der Waals surface area contributed by atoms with E-state index in [9.17, 15) is 8.78 Å². The van der Waals surface area contributed by atoms with Crippen LogP contribution in [0.1, 0.15) is 27.2 Å². The Morgan fingerprint density at radius 2 is 2.00 bits per heavy atom. The van der Waals surface area contributed by atoms with E-state index in [1.807, 2.05) is 13.8 Å². The molecule has 0 fully saturated rings. The van der Waals surface area contributed by atoms with Gasteiger partial charge in [-0.2, -0.15) is 0 Å². The summed E-state index contributed by atoms with van der Waals surface area (Å²) in [6.45, 7) is 3.81. The van der Waals surface area contributed by atoms with E-state index >= 15 is 0 Å². The Morgan fingerprint density at radius 3 is 2.53 bits per heavy atom. The molecule has 2 rings (SSSR count). The van der Waals surface area contributed by atoms with Crippen LogP contribution in [-0.4, -0.2) is 4.98 Å². The minimum absolute atomic E-state index is 0.264. The van der Waals surface area contributed by atoms with Gasteiger partial charge in [-0.05, 0) is 19.9 Å². The molecule has 0 bridgehead atoms. The van der Waals surface area contributed by atoms with E-state index in [1.165, 1.54) is 23.5 Å². The molecule has 0 aliphatic heterocycles. The highest BCUT2D eigenvalue weighted by molar-refractivity contribution is 7.11. The highest BCUT2D eigenvalue weighted by Crippen LogP contribution is 2.27. The van der Waals surface area contributed by atoms with Gasteiger partial charge in [-0.15, -0.1) is 11.3 Å². The van der Waals surface area contributed by atoms with Crippen molar-refractivity contribution in [2.45, 2.75) is 19.9 Å². The summed E-state index contributed by atoms with van der Waals surface area (Å²) < 4.78 is 26.3. The van der Waals surface area contributed by atoms with Gasteiger partial charge in [0.15, 0.2) is 0 Å². The first-order chi connectivity index (χ1) is 7.99. The molecule has 0 saturated heterocycles. The van der Waals surface area contributed by atoms with Gasteiger partial charge < -0.3 is 5.73 Å². The summed E-state index contributed by atoms with van der Waals surface area (Å²) >= 11 is 1.43. The number of nitrogens with zero attached hydrogens (tertiary/aromatic N) is 1. The summed E-state index contributed by atoms with van der Waals surface area (Å²) in [5.41, 5.74) is 7.09. The van der Waals surface area contributed by atoms with E-state index in [1.54, 1.807) is 0 Å². The fourth-order valence-electron chi connectivity index (χ4n) is 1.52. The van der Waals surface area contributed by atoms with E-state index in [4.69, 9.17) is 5.73 Å². The Kier molecular flexibility index (Phi) is 3.22. The Bertz CT molecular complexity index is 532. The normalized spacial score (nSPS) is 12.8. The van der Waals surface area contributed by atoms with Crippen molar-refractivity contribution in [1.82, 2.24) is 4.98 Å². The van der Waals surface area contributed by atoms with Crippen molar-refractivity contribution in [1.29, 1.82) is 0 Å². The van der Waals surface area contributed by atoms with E-state index < -0.39 is 17.7 Å². The number of aryl methyl sites for hydroxylation is 2. The molecule has 0 spiro atoms. The molecular formula is C12H12F2N2S. The number of nitrogens with two attached hydrogens (primary N) is 1. The van der Waals surface area contributed by atoms with Crippen LogP contribution in [0.25, 0.3) is 0 Å². The molecule has 0 aliphatic rings. The van der Waals surface area contributed by atoms with E-state index in [0.717, 1.165) is 16.6 Å². The van der Waals surface area contributed by atoms with Crippen LogP contribution in [0.4, 0.5) is 8.78 Å². The highest BCUT2D eigenvalue weighted by Gasteiger charge is 2.18. The van der Waals surface area contributed by atoms with Gasteiger partial charge in [-0.1, -0.05) is 6.07 Å². The van der Waals surface area contributed by atoms with Crippen molar-refractivity contribution in [3.05, 3.63) is 51.0 Å². The van der Waals surface area contributed by atoms with Gasteiger partial charge in [0.05, 0.1) is 11.7 Å². The molecule has 1 aromatic carbocycles. The summed E-state index contributed by atoms with van der Waals surface area (Å²) in [6, 6.07) is 2.75. The monoisotopic (exact) mass is 254 g/mol. The van der Waals surface area contributed by atoms with Crippen LogP contribution in [0.3, 0.4) is 0 Å². The minimum Gasteiger partial charge on any atom is -0.318 e. The predicted octanol–water partition coefficient (Wildman–Crippen LogP) is 3.09. The first-order valence-electron chi connectivity index (χ1n) is 5.13. The lowest BCUT2D eigenvalue weighted by molar-refractivity contribution is 0.565. The fraction of sp³-hybridized carbons (Fsp3) is 0.250. The van der Waals surface area contributed by atoms with Crippen LogP contribution in [0.2, 0.25) is 0 Å². The van der Waals surface area contributed by atoms with Gasteiger partial charge in [-0.25, -0.2) is 13.8 Å². The van der Waals surface area contributed by atoms with Crippen molar-refractivity contribution >= 4 is 11.3 Å². The zero-order chi connectivity index (χ0) is 12.6. The molecular weight excluding hydrogens is 242 g/mol. The molecule has 2 N–H and O–H groups in total. The predicted molar refractivity (Wildman–Crippen MR) is 64.0 cm³/mol. The van der Waals surface area contributed by atoms with Crippen LogP contribution in [-0.2, 0) is 0 Å². The minimum atomic E-state index is -0.645. The molecule has 90 valence electrons. The van der Waals surface area contributed by atoms with Crippen molar-refractivity contribution < 1.29 is 8.78 Å². The second-order valence-electron chi connectivity index (χ2n) is 3.84. The Hall–Kier alpha value is -1.33. The second kappa shape index (κ2) is 4.50. The highest BCUT2D eigenvalue weighted by atomic mass is 32.1. The average molecular weight is 254 g/mol. The molecule has 1 heterocycles. The van der Waals surface area contributed by atoms with Gasteiger partial charge in [0, 0.05) is 16.5 Å². The van der Waals surface area contributed by atoms with Gasteiger partial charge in [0.2, 0.25) is 0 Å². The lowest BCUT2D eigenvalue weighted by atomic mass is 10.1. The molecule has 1 aromatic heterocycles. The Labute approximate surface area is 102 Å². The topological polar surface area (TPSA) is 38.9 Å².